The van der Waals surface area contributed by atoms with E-state index in [4.69, 9.17) is 12.2 Å². The Morgan fingerprint density at radius 3 is 2.37 bits per heavy atom. The first kappa shape index (κ1) is 25.6. The van der Waals surface area contributed by atoms with E-state index in [1.165, 1.54) is 12.1 Å². The number of piperidine rings is 1. The summed E-state index contributed by atoms with van der Waals surface area (Å²) >= 11 is 5.42. The molecule has 0 amide bonds. The highest BCUT2D eigenvalue weighted by molar-refractivity contribution is 7.80. The van der Waals surface area contributed by atoms with Crippen molar-refractivity contribution in [3.8, 4) is 0 Å². The van der Waals surface area contributed by atoms with E-state index in [0.717, 1.165) is 56.6 Å². The van der Waals surface area contributed by atoms with Gasteiger partial charge in [0.25, 0.3) is 0 Å². The lowest BCUT2D eigenvalue weighted by molar-refractivity contribution is -0.141. The molecule has 0 radical (unpaired) electrons. The van der Waals surface area contributed by atoms with Crippen LogP contribution in [0.2, 0.25) is 0 Å². The first-order valence-corrected chi connectivity index (χ1v) is 12.6. The molecule has 10 heteroatoms. The fourth-order valence-corrected chi connectivity index (χ4v) is 5.19. The van der Waals surface area contributed by atoms with Crippen LogP contribution in [0.4, 0.5) is 29.3 Å². The minimum absolute atomic E-state index is 0.162. The van der Waals surface area contributed by atoms with Crippen LogP contribution in [0.25, 0.3) is 0 Å². The summed E-state index contributed by atoms with van der Waals surface area (Å²) in [6, 6.07) is 7.54. The van der Waals surface area contributed by atoms with Crippen molar-refractivity contribution in [2.24, 2.45) is 5.92 Å². The molecule has 0 unspecified atom stereocenters. The van der Waals surface area contributed by atoms with Crippen molar-refractivity contribution in [3.05, 3.63) is 47.4 Å². The van der Waals surface area contributed by atoms with Gasteiger partial charge in [-0.1, -0.05) is 38.3 Å². The standard InChI is InChI=1S/C25H31F4N5S/c1-17-9-13-34(14-10-17)21-15-20(25(27,28)29)31-22(32-21)33-23(35)30-16-24(11-3-2-4-12-24)18-5-7-19(26)8-6-18/h5-8,15,17H,2-4,9-14,16H2,1H3,(H2,30,31,32,33,35). The number of hydrogen-bond donors (Lipinski definition) is 2. The third kappa shape index (κ3) is 6.39. The summed E-state index contributed by atoms with van der Waals surface area (Å²) in [7, 11) is 0. The van der Waals surface area contributed by atoms with Gasteiger partial charge in [0.1, 0.15) is 11.6 Å². The Labute approximate surface area is 208 Å². The second-order valence-corrected chi connectivity index (χ2v) is 10.2. The summed E-state index contributed by atoms with van der Waals surface area (Å²) < 4.78 is 54.2. The molecular weight excluding hydrogens is 478 g/mol. The van der Waals surface area contributed by atoms with Gasteiger partial charge in [0.05, 0.1) is 0 Å². The predicted molar refractivity (Wildman–Crippen MR) is 133 cm³/mol. The fourth-order valence-electron chi connectivity index (χ4n) is 5.03. The van der Waals surface area contributed by atoms with Crippen LogP contribution in [0.15, 0.2) is 30.3 Å². The largest absolute Gasteiger partial charge is 0.433 e. The maximum atomic E-state index is 13.6. The van der Waals surface area contributed by atoms with Gasteiger partial charge in [0.15, 0.2) is 10.8 Å². The molecular formula is C25H31F4N5S. The van der Waals surface area contributed by atoms with E-state index in [1.54, 1.807) is 12.1 Å². The molecule has 1 aromatic heterocycles. The second kappa shape index (κ2) is 10.6. The summed E-state index contributed by atoms with van der Waals surface area (Å²) in [6.45, 7) is 3.93. The van der Waals surface area contributed by atoms with Crippen molar-refractivity contribution in [3.63, 3.8) is 0 Å². The first-order valence-electron chi connectivity index (χ1n) is 12.2. The molecule has 190 valence electrons. The normalized spacial score (nSPS) is 18.8. The topological polar surface area (TPSA) is 53.1 Å². The van der Waals surface area contributed by atoms with Crippen molar-refractivity contribution in [1.29, 1.82) is 0 Å². The van der Waals surface area contributed by atoms with E-state index >= 15 is 0 Å². The summed E-state index contributed by atoms with van der Waals surface area (Å²) in [5.41, 5.74) is -0.186. The Kier molecular flexibility index (Phi) is 7.78. The Morgan fingerprint density at radius 2 is 1.74 bits per heavy atom. The quantitative estimate of drug-likeness (QED) is 0.378. The van der Waals surface area contributed by atoms with Crippen LogP contribution in [-0.2, 0) is 11.6 Å². The molecule has 2 N–H and O–H groups in total. The number of alkyl halides is 3. The number of anilines is 2. The van der Waals surface area contributed by atoms with Crippen molar-refractivity contribution in [2.75, 3.05) is 29.9 Å². The Balaban J connectivity index is 1.49. The summed E-state index contributed by atoms with van der Waals surface area (Å²) in [5, 5.41) is 6.10. The average Bonchev–Trinajstić information content (AvgIpc) is 2.83. The Hall–Kier alpha value is -2.49. The third-order valence-electron chi connectivity index (χ3n) is 7.19. The maximum Gasteiger partial charge on any atom is 0.433 e. The SMILES string of the molecule is CC1CCN(c2cc(C(F)(F)F)nc(NC(=S)NCC3(c4ccc(F)cc4)CCCCC3)n2)CC1. The number of hydrogen-bond acceptors (Lipinski definition) is 4. The van der Waals surface area contributed by atoms with Crippen molar-refractivity contribution >= 4 is 29.1 Å². The number of benzene rings is 1. The van der Waals surface area contributed by atoms with Crippen molar-refractivity contribution in [2.45, 2.75) is 63.5 Å². The molecule has 2 aromatic rings. The maximum absolute atomic E-state index is 13.6. The molecule has 1 aliphatic carbocycles. The third-order valence-corrected chi connectivity index (χ3v) is 7.44. The summed E-state index contributed by atoms with van der Waals surface area (Å²) in [6.07, 6.45) is 2.29. The Morgan fingerprint density at radius 1 is 1.09 bits per heavy atom. The van der Waals surface area contributed by atoms with E-state index in [2.05, 4.69) is 27.5 Å². The zero-order chi connectivity index (χ0) is 25.1. The number of thiocarbonyl (C=S) groups is 1. The molecule has 4 rings (SSSR count). The molecule has 5 nitrogen and oxygen atoms in total. The zero-order valence-corrected chi connectivity index (χ0v) is 20.6. The van der Waals surface area contributed by atoms with Gasteiger partial charge in [0, 0.05) is 31.1 Å². The Bertz CT molecular complexity index is 1010. The molecule has 1 saturated heterocycles. The zero-order valence-electron chi connectivity index (χ0n) is 19.8. The van der Waals surface area contributed by atoms with Gasteiger partial charge in [-0.15, -0.1) is 0 Å². The van der Waals surface area contributed by atoms with Crippen LogP contribution in [0.5, 0.6) is 0 Å². The molecule has 2 heterocycles. The van der Waals surface area contributed by atoms with Crippen LogP contribution in [0, 0.1) is 11.7 Å². The van der Waals surface area contributed by atoms with Crippen molar-refractivity contribution < 1.29 is 17.6 Å². The summed E-state index contributed by atoms with van der Waals surface area (Å²) in [5.74, 6) is 0.327. The van der Waals surface area contributed by atoms with E-state index < -0.39 is 11.9 Å². The molecule has 1 aromatic carbocycles. The van der Waals surface area contributed by atoms with Crippen LogP contribution in [0.1, 0.15) is 63.1 Å². The van der Waals surface area contributed by atoms with Gasteiger partial charge in [-0.3, -0.25) is 0 Å². The predicted octanol–water partition coefficient (Wildman–Crippen LogP) is 6.06. The number of nitrogens with zero attached hydrogens (tertiary/aromatic N) is 3. The van der Waals surface area contributed by atoms with Gasteiger partial charge < -0.3 is 15.5 Å². The van der Waals surface area contributed by atoms with Crippen molar-refractivity contribution in [1.82, 2.24) is 15.3 Å². The molecule has 0 bridgehead atoms. The van der Waals surface area contributed by atoms with E-state index in [-0.39, 0.29) is 28.1 Å². The van der Waals surface area contributed by atoms with E-state index in [1.807, 2.05) is 4.90 Å². The van der Waals surface area contributed by atoms with E-state index in [0.29, 0.717) is 25.6 Å². The molecule has 0 spiro atoms. The number of rotatable bonds is 5. The van der Waals surface area contributed by atoms with Gasteiger partial charge in [-0.05, 0) is 61.5 Å². The molecule has 0 atom stereocenters. The van der Waals surface area contributed by atoms with Gasteiger partial charge >= 0.3 is 6.18 Å². The average molecular weight is 510 g/mol. The van der Waals surface area contributed by atoms with Gasteiger partial charge in [-0.2, -0.15) is 18.2 Å². The van der Waals surface area contributed by atoms with Crippen LogP contribution >= 0.6 is 12.2 Å². The number of aromatic nitrogens is 2. The lowest BCUT2D eigenvalue weighted by Crippen LogP contribution is -2.43. The molecule has 2 fully saturated rings. The smallest absolute Gasteiger partial charge is 0.361 e. The van der Waals surface area contributed by atoms with Gasteiger partial charge in [0.2, 0.25) is 5.95 Å². The van der Waals surface area contributed by atoms with E-state index in [9.17, 15) is 17.6 Å². The van der Waals surface area contributed by atoms with Crippen LogP contribution < -0.4 is 15.5 Å². The molecule has 35 heavy (non-hydrogen) atoms. The van der Waals surface area contributed by atoms with Crippen LogP contribution in [-0.4, -0.2) is 34.7 Å². The highest BCUT2D eigenvalue weighted by atomic mass is 32.1. The minimum Gasteiger partial charge on any atom is -0.361 e. The van der Waals surface area contributed by atoms with Crippen LogP contribution in [0.3, 0.4) is 0 Å². The van der Waals surface area contributed by atoms with Gasteiger partial charge in [-0.25, -0.2) is 9.37 Å². The first-order chi connectivity index (χ1) is 16.6. The highest BCUT2D eigenvalue weighted by Gasteiger charge is 2.36. The second-order valence-electron chi connectivity index (χ2n) is 9.76. The molecule has 1 aliphatic heterocycles. The molecule has 2 aliphatic rings. The minimum atomic E-state index is -4.60. The summed E-state index contributed by atoms with van der Waals surface area (Å²) in [4.78, 5) is 9.91. The fraction of sp³-hybridized carbons (Fsp3) is 0.560. The lowest BCUT2D eigenvalue weighted by atomic mass is 9.69. The number of halogens is 4. The highest BCUT2D eigenvalue weighted by Crippen LogP contribution is 2.39. The monoisotopic (exact) mass is 509 g/mol. The number of nitrogens with one attached hydrogen (secondary N) is 2. The molecule has 1 saturated carbocycles. The lowest BCUT2D eigenvalue weighted by Gasteiger charge is -2.38.